The molecule has 16 heavy (non-hydrogen) atoms. The van der Waals surface area contributed by atoms with Gasteiger partial charge in [-0.2, -0.15) is 0 Å². The van der Waals surface area contributed by atoms with E-state index in [1.54, 1.807) is 18.2 Å². The summed E-state index contributed by atoms with van der Waals surface area (Å²) in [5.74, 6) is -0.591. The maximum Gasteiger partial charge on any atom is 0.181 e. The Morgan fingerprint density at radius 1 is 1.12 bits per heavy atom. The number of carbonyl (C=O) groups is 1. The van der Waals surface area contributed by atoms with Crippen molar-refractivity contribution >= 4 is 52.2 Å². The van der Waals surface area contributed by atoms with Crippen molar-refractivity contribution < 1.29 is 4.79 Å². The monoisotopic (exact) mass is 294 g/mol. The van der Waals surface area contributed by atoms with Crippen molar-refractivity contribution in [2.45, 2.75) is 11.3 Å². The molecule has 1 aromatic rings. The van der Waals surface area contributed by atoms with E-state index in [9.17, 15) is 4.79 Å². The number of fused-ring (bicyclic) bond motifs is 1. The number of alkyl halides is 1. The average Bonchev–Trinajstić information content (AvgIpc) is 2.52. The molecule has 0 saturated heterocycles. The summed E-state index contributed by atoms with van der Waals surface area (Å²) in [6.07, 6.45) is 0. The van der Waals surface area contributed by atoms with Crippen LogP contribution in [0.1, 0.15) is 21.8 Å². The minimum absolute atomic E-state index is 0.0539. The van der Waals surface area contributed by atoms with Crippen LogP contribution >= 0.6 is 46.4 Å². The van der Waals surface area contributed by atoms with E-state index in [1.165, 1.54) is 0 Å². The topological polar surface area (TPSA) is 17.1 Å². The van der Waals surface area contributed by atoms with Crippen LogP contribution in [-0.2, 0) is 0 Å². The second kappa shape index (κ2) is 4.58. The van der Waals surface area contributed by atoms with Gasteiger partial charge in [-0.25, -0.2) is 0 Å². The number of hydrogen-bond donors (Lipinski definition) is 0. The van der Waals surface area contributed by atoms with E-state index in [0.717, 1.165) is 5.56 Å². The third kappa shape index (κ3) is 1.86. The summed E-state index contributed by atoms with van der Waals surface area (Å²) in [4.78, 5) is 11.8. The van der Waals surface area contributed by atoms with Gasteiger partial charge in [0.2, 0.25) is 0 Å². The highest BCUT2D eigenvalue weighted by Gasteiger charge is 2.40. The van der Waals surface area contributed by atoms with Crippen LogP contribution < -0.4 is 0 Å². The van der Waals surface area contributed by atoms with Gasteiger partial charge in [-0.05, 0) is 5.56 Å². The molecule has 1 nitrogen and oxygen atoms in total. The fourth-order valence-corrected chi connectivity index (χ4v) is 2.76. The van der Waals surface area contributed by atoms with E-state index in [-0.39, 0.29) is 15.3 Å². The quantitative estimate of drug-likeness (QED) is 0.699. The zero-order chi connectivity index (χ0) is 11.9. The smallest absolute Gasteiger partial charge is 0.181 e. The summed E-state index contributed by atoms with van der Waals surface area (Å²) in [6, 6.07) is 7.13. The van der Waals surface area contributed by atoms with Crippen molar-refractivity contribution in [1.82, 2.24) is 0 Å². The third-order valence-corrected chi connectivity index (χ3v) is 4.03. The Balaban J connectivity index is 2.58. The van der Waals surface area contributed by atoms with Gasteiger partial charge in [0.1, 0.15) is 9.87 Å². The van der Waals surface area contributed by atoms with Gasteiger partial charge in [0.05, 0.1) is 5.03 Å². The number of benzene rings is 1. The lowest BCUT2D eigenvalue weighted by Gasteiger charge is -2.13. The molecule has 0 N–H and O–H groups in total. The van der Waals surface area contributed by atoms with Gasteiger partial charge in [0.25, 0.3) is 0 Å². The van der Waals surface area contributed by atoms with Crippen LogP contribution in [0.25, 0.3) is 0 Å². The largest absolute Gasteiger partial charge is 0.292 e. The molecule has 0 saturated carbocycles. The van der Waals surface area contributed by atoms with E-state index < -0.39 is 11.3 Å². The summed E-state index contributed by atoms with van der Waals surface area (Å²) in [5, 5.41) is -0.529. The van der Waals surface area contributed by atoms with Crippen molar-refractivity contribution in [3.63, 3.8) is 0 Å². The second-order valence-electron chi connectivity index (χ2n) is 3.44. The van der Waals surface area contributed by atoms with Crippen molar-refractivity contribution in [3.8, 4) is 0 Å². The molecule has 0 spiro atoms. The van der Waals surface area contributed by atoms with Gasteiger partial charge in [0.15, 0.2) is 5.78 Å². The number of ketones is 1. The third-order valence-electron chi connectivity index (χ3n) is 2.56. The fraction of sp³-hybridized carbons (Fsp3) is 0.182. The van der Waals surface area contributed by atoms with E-state index in [4.69, 9.17) is 46.4 Å². The van der Waals surface area contributed by atoms with Gasteiger partial charge in [0, 0.05) is 11.5 Å². The highest BCUT2D eigenvalue weighted by atomic mass is 35.5. The van der Waals surface area contributed by atoms with Crippen LogP contribution in [0.2, 0.25) is 0 Å². The van der Waals surface area contributed by atoms with Crippen molar-refractivity contribution in [3.05, 3.63) is 44.9 Å². The number of Topliss-reactive ketones (excluding diaryl/α,β-unsaturated/α-hetero) is 1. The van der Waals surface area contributed by atoms with Gasteiger partial charge in [-0.15, -0.1) is 11.6 Å². The molecule has 2 unspecified atom stereocenters. The number of carbonyl (C=O) groups excluding carboxylic acids is 1. The first-order chi connectivity index (χ1) is 7.54. The highest BCUT2D eigenvalue weighted by molar-refractivity contribution is 6.59. The van der Waals surface area contributed by atoms with Gasteiger partial charge < -0.3 is 0 Å². The molecule has 1 aliphatic rings. The van der Waals surface area contributed by atoms with E-state index in [1.807, 2.05) is 6.07 Å². The summed E-state index contributed by atoms with van der Waals surface area (Å²) < 4.78 is -0.0539. The average molecular weight is 296 g/mol. The molecule has 0 fully saturated rings. The molecule has 0 aliphatic heterocycles. The number of hydrogen-bond acceptors (Lipinski definition) is 1. The predicted octanol–water partition coefficient (Wildman–Crippen LogP) is 4.46. The number of rotatable bonds is 1. The molecule has 1 aliphatic carbocycles. The lowest BCUT2D eigenvalue weighted by atomic mass is 10.0. The van der Waals surface area contributed by atoms with Crippen LogP contribution in [0.3, 0.4) is 0 Å². The van der Waals surface area contributed by atoms with Crippen molar-refractivity contribution in [1.29, 1.82) is 0 Å². The van der Waals surface area contributed by atoms with E-state index in [2.05, 4.69) is 0 Å². The number of halogens is 4. The zero-order valence-corrected chi connectivity index (χ0v) is 10.9. The second-order valence-corrected chi connectivity index (χ2v) is 5.27. The van der Waals surface area contributed by atoms with E-state index >= 15 is 0 Å². The molecule has 84 valence electrons. The first kappa shape index (κ1) is 12.3. The van der Waals surface area contributed by atoms with Crippen LogP contribution in [0, 0.1) is 0 Å². The Labute approximate surface area is 113 Å². The lowest BCUT2D eigenvalue weighted by molar-refractivity contribution is 0.0995. The predicted molar refractivity (Wildman–Crippen MR) is 67.7 cm³/mol. The van der Waals surface area contributed by atoms with Crippen molar-refractivity contribution in [2.75, 3.05) is 0 Å². The molecule has 1 aromatic carbocycles. The Hall–Kier alpha value is -0.210. The maximum atomic E-state index is 11.8. The molecule has 2 rings (SSSR count). The molecule has 0 aromatic heterocycles. The summed E-state index contributed by atoms with van der Waals surface area (Å²) in [5.41, 5.74) is 1.36. The van der Waals surface area contributed by atoms with Crippen LogP contribution in [0.15, 0.2) is 33.8 Å². The zero-order valence-electron chi connectivity index (χ0n) is 7.88. The summed E-state index contributed by atoms with van der Waals surface area (Å²) in [6.45, 7) is 0. The van der Waals surface area contributed by atoms with Gasteiger partial charge >= 0.3 is 0 Å². The van der Waals surface area contributed by atoms with E-state index in [0.29, 0.717) is 5.56 Å². The summed E-state index contributed by atoms with van der Waals surface area (Å²) in [7, 11) is 0. The molecule has 0 bridgehead atoms. The fourth-order valence-electron chi connectivity index (χ4n) is 1.83. The normalized spacial score (nSPS) is 23.1. The highest BCUT2D eigenvalue weighted by Crippen LogP contribution is 2.44. The number of allylic oxidation sites excluding steroid dienone is 1. The van der Waals surface area contributed by atoms with Gasteiger partial charge in [-0.3, -0.25) is 4.79 Å². The molecular formula is C11H6Cl4O. The minimum Gasteiger partial charge on any atom is -0.292 e. The molecule has 5 heteroatoms. The van der Waals surface area contributed by atoms with Crippen molar-refractivity contribution in [2.24, 2.45) is 0 Å². The SMILES string of the molecule is O=C1c2ccccc2C(C(Cl)=C(Cl)Cl)C1Cl. The van der Waals surface area contributed by atoms with Crippen LogP contribution in [0.5, 0.6) is 0 Å². The standard InChI is InChI=1S/C11H6Cl4O/c12-8-7(9(13)11(14)15)5-3-1-2-4-6(5)10(8)16/h1-4,7-8H. The maximum absolute atomic E-state index is 11.8. The first-order valence-electron chi connectivity index (χ1n) is 4.52. The Kier molecular flexibility index (Phi) is 3.50. The molecular weight excluding hydrogens is 290 g/mol. The summed E-state index contributed by atoms with van der Waals surface area (Å²) >= 11 is 23.3. The molecule has 2 atom stereocenters. The molecule has 0 heterocycles. The van der Waals surface area contributed by atoms with Gasteiger partial charge in [-0.1, -0.05) is 59.1 Å². The van der Waals surface area contributed by atoms with Crippen LogP contribution in [0.4, 0.5) is 0 Å². The van der Waals surface area contributed by atoms with Crippen LogP contribution in [-0.4, -0.2) is 11.2 Å². The lowest BCUT2D eigenvalue weighted by Crippen LogP contribution is -2.13. The minimum atomic E-state index is -0.739. The molecule has 0 radical (unpaired) electrons. The molecule has 0 amide bonds. The Bertz CT molecular complexity index is 477. The Morgan fingerprint density at radius 2 is 1.75 bits per heavy atom. The Morgan fingerprint density at radius 3 is 2.38 bits per heavy atom. The first-order valence-corrected chi connectivity index (χ1v) is 6.09.